The third-order valence-corrected chi connectivity index (χ3v) is 4.77. The SMILES string of the molecule is CC.Cc1cc(-n2c(C(C)C)c(C)c3cc4[nH]ncc4cc32)ccc1F.[HH]. The van der Waals surface area contributed by atoms with Gasteiger partial charge in [0, 0.05) is 23.6 Å². The molecule has 0 radical (unpaired) electrons. The predicted molar refractivity (Wildman–Crippen MR) is 110 cm³/mol. The van der Waals surface area contributed by atoms with Crippen molar-refractivity contribution in [3.05, 3.63) is 59.2 Å². The van der Waals surface area contributed by atoms with Gasteiger partial charge in [-0.15, -0.1) is 0 Å². The highest BCUT2D eigenvalue weighted by molar-refractivity contribution is 5.98. The normalized spacial score (nSPS) is 11.2. The second-order valence-electron chi connectivity index (χ2n) is 6.76. The summed E-state index contributed by atoms with van der Waals surface area (Å²) in [6.45, 7) is 12.4. The molecule has 0 aliphatic rings. The van der Waals surface area contributed by atoms with Crippen molar-refractivity contribution in [1.82, 2.24) is 14.8 Å². The summed E-state index contributed by atoms with van der Waals surface area (Å²) >= 11 is 0. The van der Waals surface area contributed by atoms with Crippen molar-refractivity contribution in [2.24, 2.45) is 0 Å². The zero-order valence-corrected chi connectivity index (χ0v) is 16.3. The second-order valence-corrected chi connectivity index (χ2v) is 6.76. The van der Waals surface area contributed by atoms with Crippen LogP contribution in [0.1, 0.15) is 51.9 Å². The molecular weight excluding hydrogens is 325 g/mol. The van der Waals surface area contributed by atoms with Gasteiger partial charge in [-0.25, -0.2) is 4.39 Å². The molecule has 0 fully saturated rings. The van der Waals surface area contributed by atoms with Gasteiger partial charge in [-0.1, -0.05) is 27.7 Å². The molecule has 0 saturated heterocycles. The molecule has 4 aromatic rings. The Hall–Kier alpha value is -2.62. The number of nitrogens with one attached hydrogen (secondary N) is 1. The molecule has 138 valence electrons. The fraction of sp³-hybridized carbons (Fsp3) is 0.318. The molecule has 0 amide bonds. The molecule has 4 rings (SSSR count). The maximum absolute atomic E-state index is 13.7. The Kier molecular flexibility index (Phi) is 4.86. The number of hydrogen-bond acceptors (Lipinski definition) is 1. The molecule has 0 aliphatic heterocycles. The number of aromatic amines is 1. The second kappa shape index (κ2) is 6.94. The highest BCUT2D eigenvalue weighted by atomic mass is 19.1. The van der Waals surface area contributed by atoms with Crippen LogP contribution in [0.25, 0.3) is 27.5 Å². The Bertz CT molecular complexity index is 1080. The maximum atomic E-state index is 13.7. The van der Waals surface area contributed by atoms with Crippen LogP contribution in [-0.4, -0.2) is 14.8 Å². The zero-order valence-electron chi connectivity index (χ0n) is 16.3. The average Bonchev–Trinajstić information content (AvgIpc) is 3.19. The fourth-order valence-corrected chi connectivity index (χ4v) is 3.64. The summed E-state index contributed by atoms with van der Waals surface area (Å²) in [4.78, 5) is 0. The van der Waals surface area contributed by atoms with Crippen LogP contribution in [-0.2, 0) is 0 Å². The number of rotatable bonds is 2. The first-order valence-corrected chi connectivity index (χ1v) is 9.22. The monoisotopic (exact) mass is 353 g/mol. The van der Waals surface area contributed by atoms with Gasteiger partial charge < -0.3 is 4.57 Å². The largest absolute Gasteiger partial charge is 0.313 e. The van der Waals surface area contributed by atoms with Crippen LogP contribution < -0.4 is 0 Å². The summed E-state index contributed by atoms with van der Waals surface area (Å²) in [6.07, 6.45) is 1.84. The van der Waals surface area contributed by atoms with E-state index in [-0.39, 0.29) is 7.24 Å². The van der Waals surface area contributed by atoms with Crippen molar-refractivity contribution in [2.75, 3.05) is 0 Å². The Balaban J connectivity index is 0.000000844. The summed E-state index contributed by atoms with van der Waals surface area (Å²) in [5.74, 6) is 0.189. The highest BCUT2D eigenvalue weighted by Gasteiger charge is 2.19. The Morgan fingerprint density at radius 1 is 1.12 bits per heavy atom. The summed E-state index contributed by atoms with van der Waals surface area (Å²) in [5, 5.41) is 9.46. The van der Waals surface area contributed by atoms with Crippen molar-refractivity contribution in [1.29, 1.82) is 0 Å². The first-order chi connectivity index (χ1) is 12.5. The summed E-state index contributed by atoms with van der Waals surface area (Å²) in [5.41, 5.74) is 6.35. The lowest BCUT2D eigenvalue weighted by Crippen LogP contribution is -2.03. The summed E-state index contributed by atoms with van der Waals surface area (Å²) in [6, 6.07) is 9.64. The van der Waals surface area contributed by atoms with Crippen molar-refractivity contribution in [3.8, 4) is 5.69 Å². The lowest BCUT2D eigenvalue weighted by molar-refractivity contribution is 0.618. The van der Waals surface area contributed by atoms with Gasteiger partial charge in [-0.2, -0.15) is 5.10 Å². The van der Waals surface area contributed by atoms with E-state index in [2.05, 4.69) is 47.7 Å². The van der Waals surface area contributed by atoms with Gasteiger partial charge in [0.2, 0.25) is 0 Å². The number of benzene rings is 2. The minimum absolute atomic E-state index is 0. The summed E-state index contributed by atoms with van der Waals surface area (Å²) < 4.78 is 16.0. The predicted octanol–water partition coefficient (Wildman–Crippen LogP) is 6.66. The van der Waals surface area contributed by atoms with Gasteiger partial charge in [-0.3, -0.25) is 5.10 Å². The molecule has 2 aromatic heterocycles. The standard InChI is InChI=1S/C20H20FN3.C2H6.H2/c1-11(2)20-13(4)16-9-18-14(10-22-23-18)8-19(16)24(20)15-5-6-17(21)12(3)7-15;1-2;/h5-11H,1-4H3,(H,22,23);1-2H3;1H. The average molecular weight is 353 g/mol. The number of H-pyrrole nitrogens is 1. The third-order valence-electron chi connectivity index (χ3n) is 4.77. The number of aromatic nitrogens is 3. The van der Waals surface area contributed by atoms with Crippen LogP contribution in [0.5, 0.6) is 0 Å². The molecule has 0 unspecified atom stereocenters. The van der Waals surface area contributed by atoms with Crippen molar-refractivity contribution in [3.63, 3.8) is 0 Å². The van der Waals surface area contributed by atoms with E-state index < -0.39 is 0 Å². The van der Waals surface area contributed by atoms with Crippen LogP contribution >= 0.6 is 0 Å². The molecule has 0 saturated carbocycles. The lowest BCUT2D eigenvalue weighted by Gasteiger charge is -2.15. The van der Waals surface area contributed by atoms with E-state index in [1.807, 2.05) is 32.2 Å². The Morgan fingerprint density at radius 2 is 1.85 bits per heavy atom. The third kappa shape index (κ3) is 2.79. The van der Waals surface area contributed by atoms with E-state index in [4.69, 9.17) is 0 Å². The Morgan fingerprint density at radius 3 is 2.50 bits per heavy atom. The number of aryl methyl sites for hydroxylation is 2. The number of hydrogen-bond donors (Lipinski definition) is 1. The van der Waals surface area contributed by atoms with Crippen LogP contribution in [0.15, 0.2) is 36.5 Å². The van der Waals surface area contributed by atoms with E-state index in [0.29, 0.717) is 11.5 Å². The van der Waals surface area contributed by atoms with E-state index in [1.54, 1.807) is 13.0 Å². The van der Waals surface area contributed by atoms with Crippen molar-refractivity contribution < 1.29 is 5.82 Å². The molecule has 2 aromatic carbocycles. The van der Waals surface area contributed by atoms with Crippen LogP contribution in [0.3, 0.4) is 0 Å². The Labute approximate surface area is 155 Å². The molecule has 4 heteroatoms. The van der Waals surface area contributed by atoms with E-state index >= 15 is 0 Å². The molecule has 2 heterocycles. The van der Waals surface area contributed by atoms with Gasteiger partial charge in [0.05, 0.1) is 17.2 Å². The minimum Gasteiger partial charge on any atom is -0.313 e. The van der Waals surface area contributed by atoms with Crippen LogP contribution in [0, 0.1) is 19.7 Å². The van der Waals surface area contributed by atoms with Crippen LogP contribution in [0.2, 0.25) is 0 Å². The van der Waals surface area contributed by atoms with E-state index in [0.717, 1.165) is 22.1 Å². The molecule has 1 N–H and O–H groups in total. The number of nitrogens with zero attached hydrogens (tertiary/aromatic N) is 2. The maximum Gasteiger partial charge on any atom is 0.126 e. The number of fused-ring (bicyclic) bond motifs is 2. The first kappa shape index (κ1) is 18.2. The quantitative estimate of drug-likeness (QED) is 0.429. The molecule has 26 heavy (non-hydrogen) atoms. The molecule has 0 spiro atoms. The molecule has 0 atom stereocenters. The van der Waals surface area contributed by atoms with E-state index in [9.17, 15) is 4.39 Å². The molecule has 3 nitrogen and oxygen atoms in total. The van der Waals surface area contributed by atoms with Gasteiger partial charge in [0.25, 0.3) is 0 Å². The summed E-state index contributed by atoms with van der Waals surface area (Å²) in [7, 11) is 0. The minimum atomic E-state index is -0.171. The van der Waals surface area contributed by atoms with Gasteiger partial charge >= 0.3 is 0 Å². The highest BCUT2D eigenvalue weighted by Crippen LogP contribution is 2.35. The number of halogens is 1. The van der Waals surface area contributed by atoms with Gasteiger partial charge in [-0.05, 0) is 61.2 Å². The zero-order chi connectivity index (χ0) is 19.0. The molecule has 0 aliphatic carbocycles. The van der Waals surface area contributed by atoms with Crippen molar-refractivity contribution in [2.45, 2.75) is 47.5 Å². The van der Waals surface area contributed by atoms with Gasteiger partial charge in [0.1, 0.15) is 5.82 Å². The molecule has 0 bridgehead atoms. The van der Waals surface area contributed by atoms with E-state index in [1.165, 1.54) is 16.6 Å². The topological polar surface area (TPSA) is 33.6 Å². The van der Waals surface area contributed by atoms with Crippen molar-refractivity contribution >= 4 is 21.8 Å². The lowest BCUT2D eigenvalue weighted by atomic mass is 10.0. The molecular formula is C22H28FN3. The fourth-order valence-electron chi connectivity index (χ4n) is 3.64. The first-order valence-electron chi connectivity index (χ1n) is 9.22. The van der Waals surface area contributed by atoms with Gasteiger partial charge in [0.15, 0.2) is 0 Å². The van der Waals surface area contributed by atoms with Crippen LogP contribution in [0.4, 0.5) is 4.39 Å². The smallest absolute Gasteiger partial charge is 0.126 e.